The summed E-state index contributed by atoms with van der Waals surface area (Å²) in [6.07, 6.45) is 2.60. The van der Waals surface area contributed by atoms with Crippen LogP contribution >= 0.6 is 0 Å². The number of pyridine rings is 1. The summed E-state index contributed by atoms with van der Waals surface area (Å²) < 4.78 is 0. The zero-order valence-electron chi connectivity index (χ0n) is 8.66. The van der Waals surface area contributed by atoms with Crippen molar-refractivity contribution in [2.45, 2.75) is 26.8 Å². The molecule has 0 aliphatic heterocycles. The lowest BCUT2D eigenvalue weighted by molar-refractivity contribution is -0.124. The molecule has 0 bridgehead atoms. The Balaban J connectivity index is 2.38. The minimum atomic E-state index is 0.0821. The molecule has 1 atom stereocenters. The molecule has 0 aliphatic carbocycles. The summed E-state index contributed by atoms with van der Waals surface area (Å²) in [6.45, 7) is 4.45. The zero-order valence-corrected chi connectivity index (χ0v) is 8.66. The first-order chi connectivity index (χ1) is 6.74. The Labute approximate surface area is 84.6 Å². The molecule has 0 aliphatic rings. The number of amides is 1. The van der Waals surface area contributed by atoms with Gasteiger partial charge in [0.2, 0.25) is 5.91 Å². The van der Waals surface area contributed by atoms with E-state index in [4.69, 9.17) is 0 Å². The lowest BCUT2D eigenvalue weighted by Gasteiger charge is -2.08. The highest BCUT2D eigenvalue weighted by Gasteiger charge is 2.09. The number of carbonyl (C=O) groups excluding carboxylic acids is 1. The van der Waals surface area contributed by atoms with Gasteiger partial charge in [0.25, 0.3) is 0 Å². The van der Waals surface area contributed by atoms with E-state index in [1.54, 1.807) is 6.20 Å². The van der Waals surface area contributed by atoms with Crippen LogP contribution in [0.25, 0.3) is 0 Å². The van der Waals surface area contributed by atoms with Crippen molar-refractivity contribution in [2.75, 3.05) is 0 Å². The van der Waals surface area contributed by atoms with Crippen LogP contribution in [-0.4, -0.2) is 10.9 Å². The van der Waals surface area contributed by atoms with Crippen LogP contribution in [0.4, 0.5) is 0 Å². The molecule has 0 radical (unpaired) electrons. The molecule has 1 unspecified atom stereocenters. The molecule has 0 saturated carbocycles. The summed E-state index contributed by atoms with van der Waals surface area (Å²) in [5.41, 5.74) is 0.893. The van der Waals surface area contributed by atoms with Crippen molar-refractivity contribution >= 4 is 5.91 Å². The minimum Gasteiger partial charge on any atom is -0.350 e. The fourth-order valence-corrected chi connectivity index (χ4v) is 1.04. The van der Waals surface area contributed by atoms with Crippen LogP contribution in [0.3, 0.4) is 0 Å². The van der Waals surface area contributed by atoms with E-state index in [1.807, 2.05) is 32.0 Å². The second kappa shape index (κ2) is 5.37. The number of hydrogen-bond acceptors (Lipinski definition) is 2. The van der Waals surface area contributed by atoms with Crippen molar-refractivity contribution in [3.63, 3.8) is 0 Å². The van der Waals surface area contributed by atoms with E-state index >= 15 is 0 Å². The predicted octanol–water partition coefficient (Wildman–Crippen LogP) is 1.74. The van der Waals surface area contributed by atoms with Gasteiger partial charge in [-0.2, -0.15) is 0 Å². The van der Waals surface area contributed by atoms with Gasteiger partial charge in [0.05, 0.1) is 12.2 Å². The number of nitrogens with zero attached hydrogens (tertiary/aromatic N) is 1. The monoisotopic (exact) mass is 192 g/mol. The lowest BCUT2D eigenvalue weighted by Crippen LogP contribution is -2.28. The Morgan fingerprint density at radius 1 is 1.57 bits per heavy atom. The van der Waals surface area contributed by atoms with Gasteiger partial charge in [0, 0.05) is 12.1 Å². The average Bonchev–Trinajstić information content (AvgIpc) is 2.26. The molecule has 3 nitrogen and oxygen atoms in total. The van der Waals surface area contributed by atoms with Crippen LogP contribution in [-0.2, 0) is 11.3 Å². The normalized spacial score (nSPS) is 12.1. The van der Waals surface area contributed by atoms with Crippen molar-refractivity contribution in [2.24, 2.45) is 5.92 Å². The van der Waals surface area contributed by atoms with E-state index in [0.29, 0.717) is 6.54 Å². The van der Waals surface area contributed by atoms with Crippen LogP contribution in [0.1, 0.15) is 26.0 Å². The van der Waals surface area contributed by atoms with Crippen LogP contribution in [0.5, 0.6) is 0 Å². The zero-order chi connectivity index (χ0) is 10.4. The van der Waals surface area contributed by atoms with Gasteiger partial charge in [0.15, 0.2) is 0 Å². The Hall–Kier alpha value is -1.38. The molecule has 1 aromatic heterocycles. The van der Waals surface area contributed by atoms with Crippen molar-refractivity contribution < 1.29 is 4.79 Å². The van der Waals surface area contributed by atoms with Gasteiger partial charge < -0.3 is 5.32 Å². The highest BCUT2D eigenvalue weighted by Crippen LogP contribution is 2.00. The topological polar surface area (TPSA) is 42.0 Å². The number of rotatable bonds is 4. The molecule has 14 heavy (non-hydrogen) atoms. The third-order valence-electron chi connectivity index (χ3n) is 2.23. The molecule has 0 spiro atoms. The summed E-state index contributed by atoms with van der Waals surface area (Å²) >= 11 is 0. The van der Waals surface area contributed by atoms with Gasteiger partial charge in [-0.1, -0.05) is 19.9 Å². The first kappa shape index (κ1) is 10.7. The van der Waals surface area contributed by atoms with Crippen molar-refractivity contribution in [1.29, 1.82) is 0 Å². The van der Waals surface area contributed by atoms with E-state index in [1.165, 1.54) is 0 Å². The standard InChI is InChI=1S/C11H16N2O/c1-3-9(2)11(14)13-8-10-6-4-5-7-12-10/h4-7,9H,3,8H2,1-2H3,(H,13,14). The molecule has 1 amide bonds. The van der Waals surface area contributed by atoms with Gasteiger partial charge in [-0.15, -0.1) is 0 Å². The largest absolute Gasteiger partial charge is 0.350 e. The number of nitrogens with one attached hydrogen (secondary N) is 1. The minimum absolute atomic E-state index is 0.0821. The Morgan fingerprint density at radius 2 is 2.36 bits per heavy atom. The fraction of sp³-hybridized carbons (Fsp3) is 0.455. The summed E-state index contributed by atoms with van der Waals surface area (Å²) in [4.78, 5) is 15.5. The first-order valence-corrected chi connectivity index (χ1v) is 4.91. The summed E-state index contributed by atoms with van der Waals surface area (Å²) in [5.74, 6) is 0.178. The Morgan fingerprint density at radius 3 is 2.93 bits per heavy atom. The van der Waals surface area contributed by atoms with E-state index in [-0.39, 0.29) is 11.8 Å². The maximum absolute atomic E-state index is 11.4. The highest BCUT2D eigenvalue weighted by atomic mass is 16.1. The van der Waals surface area contributed by atoms with Gasteiger partial charge in [-0.3, -0.25) is 9.78 Å². The lowest BCUT2D eigenvalue weighted by atomic mass is 10.1. The molecule has 76 valence electrons. The van der Waals surface area contributed by atoms with Gasteiger partial charge in [-0.05, 0) is 18.6 Å². The van der Waals surface area contributed by atoms with Crippen LogP contribution in [0.2, 0.25) is 0 Å². The van der Waals surface area contributed by atoms with Crippen LogP contribution < -0.4 is 5.32 Å². The molecule has 1 rings (SSSR count). The summed E-state index contributed by atoms with van der Waals surface area (Å²) in [5, 5.41) is 2.85. The Kier molecular flexibility index (Phi) is 4.11. The van der Waals surface area contributed by atoms with Gasteiger partial charge >= 0.3 is 0 Å². The molecule has 1 N–H and O–H groups in total. The average molecular weight is 192 g/mol. The van der Waals surface area contributed by atoms with Crippen molar-refractivity contribution in [3.8, 4) is 0 Å². The molecule has 1 heterocycles. The van der Waals surface area contributed by atoms with E-state index < -0.39 is 0 Å². The van der Waals surface area contributed by atoms with E-state index in [2.05, 4.69) is 10.3 Å². The smallest absolute Gasteiger partial charge is 0.223 e. The summed E-state index contributed by atoms with van der Waals surface area (Å²) in [7, 11) is 0. The fourth-order valence-electron chi connectivity index (χ4n) is 1.04. The van der Waals surface area contributed by atoms with Gasteiger partial charge in [-0.25, -0.2) is 0 Å². The number of hydrogen-bond donors (Lipinski definition) is 1. The molecule has 3 heteroatoms. The second-order valence-corrected chi connectivity index (χ2v) is 3.35. The molecular weight excluding hydrogens is 176 g/mol. The second-order valence-electron chi connectivity index (χ2n) is 3.35. The predicted molar refractivity (Wildman–Crippen MR) is 55.5 cm³/mol. The highest BCUT2D eigenvalue weighted by molar-refractivity contribution is 5.78. The summed E-state index contributed by atoms with van der Waals surface area (Å²) in [6, 6.07) is 5.68. The third-order valence-corrected chi connectivity index (χ3v) is 2.23. The quantitative estimate of drug-likeness (QED) is 0.789. The van der Waals surface area contributed by atoms with Crippen LogP contribution in [0, 0.1) is 5.92 Å². The van der Waals surface area contributed by atoms with Crippen molar-refractivity contribution in [1.82, 2.24) is 10.3 Å². The van der Waals surface area contributed by atoms with Crippen LogP contribution in [0.15, 0.2) is 24.4 Å². The molecule has 0 aromatic carbocycles. The molecule has 1 aromatic rings. The Bertz CT molecular complexity index is 285. The van der Waals surface area contributed by atoms with E-state index in [9.17, 15) is 4.79 Å². The number of carbonyl (C=O) groups is 1. The van der Waals surface area contributed by atoms with Gasteiger partial charge in [0.1, 0.15) is 0 Å². The van der Waals surface area contributed by atoms with E-state index in [0.717, 1.165) is 12.1 Å². The SMILES string of the molecule is CCC(C)C(=O)NCc1ccccn1. The number of aromatic nitrogens is 1. The van der Waals surface area contributed by atoms with Crippen molar-refractivity contribution in [3.05, 3.63) is 30.1 Å². The molecule has 0 saturated heterocycles. The third kappa shape index (κ3) is 3.17. The molecular formula is C11H16N2O. The maximum Gasteiger partial charge on any atom is 0.223 e. The first-order valence-electron chi connectivity index (χ1n) is 4.91. The maximum atomic E-state index is 11.4. The molecule has 0 fully saturated rings.